The van der Waals surface area contributed by atoms with Crippen LogP contribution in [0, 0.1) is 5.92 Å². The number of hydrogen-bond acceptors (Lipinski definition) is 4. The molecule has 1 saturated heterocycles. The molecule has 1 aliphatic heterocycles. The Bertz CT molecular complexity index is 691. The molecule has 1 aromatic rings. The van der Waals surface area contributed by atoms with Crippen molar-refractivity contribution in [2.75, 3.05) is 19.6 Å². The molecule has 25 heavy (non-hydrogen) atoms. The van der Waals surface area contributed by atoms with Crippen LogP contribution in [0.5, 0.6) is 0 Å². The van der Waals surface area contributed by atoms with Gasteiger partial charge in [-0.25, -0.2) is 13.1 Å². The predicted octanol–water partition coefficient (Wildman–Crippen LogP) is 1.26. The first-order chi connectivity index (χ1) is 12.0. The third kappa shape index (κ3) is 5.03. The molecule has 0 radical (unpaired) electrons. The molecule has 0 aromatic heterocycles. The van der Waals surface area contributed by atoms with Gasteiger partial charge in [0.05, 0.1) is 4.90 Å². The number of rotatable bonds is 7. The molecule has 1 aliphatic carbocycles. The normalized spacial score (nSPS) is 19.2. The molecule has 7 heteroatoms. The maximum absolute atomic E-state index is 12.3. The van der Waals surface area contributed by atoms with Gasteiger partial charge in [0.1, 0.15) is 0 Å². The van der Waals surface area contributed by atoms with Gasteiger partial charge in [-0.1, -0.05) is 12.1 Å². The zero-order valence-electron chi connectivity index (χ0n) is 14.5. The van der Waals surface area contributed by atoms with Crippen LogP contribution in [0.4, 0.5) is 0 Å². The van der Waals surface area contributed by atoms with Gasteiger partial charge in [-0.3, -0.25) is 4.79 Å². The molecule has 1 aromatic carbocycles. The summed E-state index contributed by atoms with van der Waals surface area (Å²) in [7, 11) is -3.41. The summed E-state index contributed by atoms with van der Waals surface area (Å²) in [4.78, 5) is 14.5. The molecule has 3 N–H and O–H groups in total. The van der Waals surface area contributed by atoms with Gasteiger partial charge in [0, 0.05) is 25.6 Å². The Morgan fingerprint density at radius 1 is 1.12 bits per heavy atom. The molecule has 1 saturated carbocycles. The van der Waals surface area contributed by atoms with Crippen LogP contribution < -0.4 is 10.5 Å². The van der Waals surface area contributed by atoms with E-state index in [9.17, 15) is 13.2 Å². The van der Waals surface area contributed by atoms with Gasteiger partial charge in [0.2, 0.25) is 15.9 Å². The summed E-state index contributed by atoms with van der Waals surface area (Å²) in [5.74, 6) is 0.713. The van der Waals surface area contributed by atoms with Crippen LogP contribution >= 0.6 is 0 Å². The molecule has 2 fully saturated rings. The van der Waals surface area contributed by atoms with Crippen LogP contribution in [0.2, 0.25) is 0 Å². The second-order valence-electron chi connectivity index (χ2n) is 7.10. The smallest absolute Gasteiger partial charge is 0.240 e. The number of sulfonamides is 1. The van der Waals surface area contributed by atoms with E-state index in [4.69, 9.17) is 5.73 Å². The van der Waals surface area contributed by atoms with E-state index < -0.39 is 10.0 Å². The number of amides is 1. The molecular weight excluding hydrogens is 338 g/mol. The quantitative estimate of drug-likeness (QED) is 0.761. The first-order valence-corrected chi connectivity index (χ1v) is 10.6. The van der Waals surface area contributed by atoms with Crippen molar-refractivity contribution < 1.29 is 13.2 Å². The van der Waals surface area contributed by atoms with Crippen molar-refractivity contribution in [3.63, 3.8) is 0 Å². The maximum Gasteiger partial charge on any atom is 0.240 e. The Morgan fingerprint density at radius 2 is 1.76 bits per heavy atom. The number of piperidine rings is 1. The molecular formula is C18H27N3O3S. The minimum absolute atomic E-state index is 0.103. The van der Waals surface area contributed by atoms with E-state index in [-0.39, 0.29) is 11.9 Å². The Balaban J connectivity index is 1.49. The lowest BCUT2D eigenvalue weighted by atomic mass is 9.97. The van der Waals surface area contributed by atoms with E-state index in [1.165, 1.54) is 0 Å². The molecule has 3 rings (SSSR count). The van der Waals surface area contributed by atoms with Crippen molar-refractivity contribution in [3.05, 3.63) is 29.8 Å². The van der Waals surface area contributed by atoms with Gasteiger partial charge in [-0.2, -0.15) is 0 Å². The van der Waals surface area contributed by atoms with Crippen molar-refractivity contribution in [2.24, 2.45) is 11.7 Å². The summed E-state index contributed by atoms with van der Waals surface area (Å²) in [6.07, 6.45) is 4.90. The number of benzene rings is 1. The first-order valence-electron chi connectivity index (χ1n) is 9.07. The summed E-state index contributed by atoms with van der Waals surface area (Å²) in [6, 6.07) is 6.95. The van der Waals surface area contributed by atoms with E-state index in [0.717, 1.165) is 44.3 Å². The van der Waals surface area contributed by atoms with Crippen molar-refractivity contribution in [3.8, 4) is 0 Å². The number of nitrogens with one attached hydrogen (secondary N) is 1. The van der Waals surface area contributed by atoms with Crippen molar-refractivity contribution in [1.29, 1.82) is 0 Å². The van der Waals surface area contributed by atoms with Crippen molar-refractivity contribution in [2.45, 2.75) is 49.5 Å². The number of aryl methyl sites for hydroxylation is 1. The highest BCUT2D eigenvalue weighted by atomic mass is 32.2. The molecule has 0 bridgehead atoms. The maximum atomic E-state index is 12.3. The van der Waals surface area contributed by atoms with E-state index in [2.05, 4.69) is 4.72 Å². The predicted molar refractivity (Wildman–Crippen MR) is 96.5 cm³/mol. The monoisotopic (exact) mass is 365 g/mol. The summed E-state index contributed by atoms with van der Waals surface area (Å²) in [6.45, 7) is 2.29. The summed E-state index contributed by atoms with van der Waals surface area (Å²) >= 11 is 0. The number of carbonyl (C=O) groups excluding carboxylic acids is 1. The molecule has 1 amide bonds. The number of carbonyl (C=O) groups is 1. The highest BCUT2D eigenvalue weighted by Gasteiger charge is 2.28. The molecule has 0 spiro atoms. The van der Waals surface area contributed by atoms with Gasteiger partial charge >= 0.3 is 0 Å². The molecule has 6 nitrogen and oxygen atoms in total. The number of nitrogens with two attached hydrogens (primary N) is 1. The summed E-state index contributed by atoms with van der Waals surface area (Å²) in [5.41, 5.74) is 6.66. The van der Waals surface area contributed by atoms with Crippen LogP contribution in [-0.4, -0.2) is 44.9 Å². The van der Waals surface area contributed by atoms with Crippen LogP contribution in [-0.2, 0) is 21.2 Å². The molecule has 0 unspecified atom stereocenters. The molecule has 1 heterocycles. The highest BCUT2D eigenvalue weighted by Crippen LogP contribution is 2.22. The van der Waals surface area contributed by atoms with Crippen LogP contribution in [0.3, 0.4) is 0 Å². The fourth-order valence-electron chi connectivity index (χ4n) is 3.15. The van der Waals surface area contributed by atoms with Gasteiger partial charge in [0.25, 0.3) is 0 Å². The third-order valence-corrected chi connectivity index (χ3v) is 6.60. The Morgan fingerprint density at radius 3 is 2.32 bits per heavy atom. The fraction of sp³-hybridized carbons (Fsp3) is 0.611. The van der Waals surface area contributed by atoms with Crippen LogP contribution in [0.15, 0.2) is 29.2 Å². The lowest BCUT2D eigenvalue weighted by Crippen LogP contribution is -2.40. The Hall–Kier alpha value is -1.44. The van der Waals surface area contributed by atoms with E-state index >= 15 is 0 Å². The minimum atomic E-state index is -3.41. The molecule has 0 atom stereocenters. The van der Waals surface area contributed by atoms with Gasteiger partial charge in [-0.05, 0) is 62.3 Å². The van der Waals surface area contributed by atoms with E-state index in [0.29, 0.717) is 30.2 Å². The zero-order chi connectivity index (χ0) is 17.9. The summed E-state index contributed by atoms with van der Waals surface area (Å²) < 4.78 is 26.9. The standard InChI is InChI=1S/C18H27N3O3S/c19-13-15-9-11-21(12-10-15)18(22)8-3-14-1-6-17(7-2-14)25(23,24)20-16-4-5-16/h1-2,6-7,15-16,20H,3-5,8-13,19H2. The van der Waals surface area contributed by atoms with Crippen LogP contribution in [0.1, 0.15) is 37.7 Å². The average molecular weight is 365 g/mol. The van der Waals surface area contributed by atoms with Crippen molar-refractivity contribution >= 4 is 15.9 Å². The first kappa shape index (κ1) is 18.4. The van der Waals surface area contributed by atoms with Gasteiger partial charge < -0.3 is 10.6 Å². The SMILES string of the molecule is NCC1CCN(C(=O)CCc2ccc(S(=O)(=O)NC3CC3)cc2)CC1. The highest BCUT2D eigenvalue weighted by molar-refractivity contribution is 7.89. The lowest BCUT2D eigenvalue weighted by Gasteiger charge is -2.31. The second kappa shape index (κ2) is 7.85. The van der Waals surface area contributed by atoms with E-state index in [1.807, 2.05) is 4.90 Å². The number of likely N-dealkylation sites (tertiary alicyclic amines) is 1. The largest absolute Gasteiger partial charge is 0.343 e. The molecule has 2 aliphatic rings. The van der Waals surface area contributed by atoms with Gasteiger partial charge in [-0.15, -0.1) is 0 Å². The minimum Gasteiger partial charge on any atom is -0.343 e. The van der Waals surface area contributed by atoms with Crippen molar-refractivity contribution in [1.82, 2.24) is 9.62 Å². The second-order valence-corrected chi connectivity index (χ2v) is 8.81. The Labute approximate surface area is 149 Å². The number of nitrogens with zero attached hydrogens (tertiary/aromatic N) is 1. The average Bonchev–Trinajstić information content (AvgIpc) is 3.43. The third-order valence-electron chi connectivity index (χ3n) is 5.06. The lowest BCUT2D eigenvalue weighted by molar-refractivity contribution is -0.132. The summed E-state index contributed by atoms with van der Waals surface area (Å²) in [5, 5.41) is 0. The van der Waals surface area contributed by atoms with E-state index in [1.54, 1.807) is 24.3 Å². The number of hydrogen-bond donors (Lipinski definition) is 2. The van der Waals surface area contributed by atoms with Crippen LogP contribution in [0.25, 0.3) is 0 Å². The van der Waals surface area contributed by atoms with Gasteiger partial charge in [0.15, 0.2) is 0 Å². The fourth-order valence-corrected chi connectivity index (χ4v) is 4.46. The Kier molecular flexibility index (Phi) is 5.76. The molecule has 138 valence electrons. The topological polar surface area (TPSA) is 92.5 Å². The zero-order valence-corrected chi connectivity index (χ0v) is 15.3.